The average Bonchev–Trinajstić information content (AvgIpc) is 2.41. The van der Waals surface area contributed by atoms with Crippen molar-refractivity contribution in [3.63, 3.8) is 0 Å². The van der Waals surface area contributed by atoms with Gasteiger partial charge in [-0.05, 0) is 33.8 Å². The van der Waals surface area contributed by atoms with Crippen molar-refractivity contribution in [3.8, 4) is 5.75 Å². The predicted molar refractivity (Wildman–Crippen MR) is 86.9 cm³/mol. The molecule has 0 saturated carbocycles. The predicted octanol–water partition coefficient (Wildman–Crippen LogP) is 2.98. The highest BCUT2D eigenvalue weighted by atomic mass is 16.6. The summed E-state index contributed by atoms with van der Waals surface area (Å²) in [5, 5.41) is 11.6. The number of alkyl carbamates (subject to hydrolysis) is 1. The fourth-order valence-electron chi connectivity index (χ4n) is 1.69. The molecule has 0 aromatic heterocycles. The Balaban J connectivity index is 2.62. The summed E-state index contributed by atoms with van der Waals surface area (Å²) in [5.74, 6) is 0.692. The number of carbonyl (C=O) groups excluding carboxylic acids is 1. The summed E-state index contributed by atoms with van der Waals surface area (Å²) < 4.78 is 10.7. The molecule has 0 fully saturated rings. The molecule has 1 aromatic rings. The first-order valence-corrected chi connectivity index (χ1v) is 7.32. The molecule has 1 rings (SSSR count). The van der Waals surface area contributed by atoms with Gasteiger partial charge in [-0.15, -0.1) is 0 Å². The summed E-state index contributed by atoms with van der Waals surface area (Å²) >= 11 is 0. The molecule has 0 spiro atoms. The molecule has 0 saturated heterocycles. The number of benzene rings is 1. The molecule has 122 valence electrons. The SMILES string of the molecule is C[C@@H](C=Cc1ccccc1OCCO)NC(=O)OC(C)(C)C. The van der Waals surface area contributed by atoms with Gasteiger partial charge in [0.15, 0.2) is 0 Å². The minimum Gasteiger partial charge on any atom is -0.491 e. The molecule has 0 radical (unpaired) electrons. The van der Waals surface area contributed by atoms with Crippen LogP contribution in [-0.4, -0.2) is 36.1 Å². The van der Waals surface area contributed by atoms with E-state index in [1.807, 2.05) is 64.1 Å². The Kier molecular flexibility index (Phi) is 6.92. The first kappa shape index (κ1) is 18.0. The van der Waals surface area contributed by atoms with Crippen molar-refractivity contribution in [1.29, 1.82) is 0 Å². The van der Waals surface area contributed by atoms with Crippen molar-refractivity contribution in [2.24, 2.45) is 0 Å². The minimum atomic E-state index is -0.516. The van der Waals surface area contributed by atoms with E-state index in [-0.39, 0.29) is 19.3 Å². The standard InChI is InChI=1S/C17H25NO4/c1-13(18-16(20)22-17(2,3)4)9-10-14-7-5-6-8-15(14)21-12-11-19/h5-10,13,19H,11-12H2,1-4H3,(H,18,20)/t13-/m0/s1. The van der Waals surface area contributed by atoms with E-state index in [9.17, 15) is 4.79 Å². The van der Waals surface area contributed by atoms with Crippen molar-refractivity contribution in [3.05, 3.63) is 35.9 Å². The smallest absolute Gasteiger partial charge is 0.408 e. The number of amides is 1. The zero-order valence-electron chi connectivity index (χ0n) is 13.6. The maximum absolute atomic E-state index is 11.7. The Morgan fingerprint density at radius 3 is 2.68 bits per heavy atom. The van der Waals surface area contributed by atoms with Crippen molar-refractivity contribution in [1.82, 2.24) is 5.32 Å². The molecule has 5 nitrogen and oxygen atoms in total. The van der Waals surface area contributed by atoms with Crippen molar-refractivity contribution >= 4 is 12.2 Å². The van der Waals surface area contributed by atoms with E-state index in [1.165, 1.54) is 0 Å². The van der Waals surface area contributed by atoms with Crippen LogP contribution in [0.25, 0.3) is 6.08 Å². The Morgan fingerprint density at radius 1 is 1.36 bits per heavy atom. The molecule has 1 atom stereocenters. The lowest BCUT2D eigenvalue weighted by molar-refractivity contribution is 0.0518. The number of nitrogens with one attached hydrogen (secondary N) is 1. The van der Waals surface area contributed by atoms with E-state index < -0.39 is 11.7 Å². The number of hydrogen-bond donors (Lipinski definition) is 2. The number of ether oxygens (including phenoxy) is 2. The second-order valence-electron chi connectivity index (χ2n) is 5.90. The molecular weight excluding hydrogens is 282 g/mol. The third-order valence-electron chi connectivity index (χ3n) is 2.58. The van der Waals surface area contributed by atoms with Gasteiger partial charge in [0.1, 0.15) is 18.0 Å². The molecule has 5 heteroatoms. The molecule has 2 N–H and O–H groups in total. The Bertz CT molecular complexity index is 506. The normalized spacial score (nSPS) is 13.0. The van der Waals surface area contributed by atoms with Crippen LogP contribution >= 0.6 is 0 Å². The average molecular weight is 307 g/mol. The molecule has 1 aromatic carbocycles. The maximum Gasteiger partial charge on any atom is 0.408 e. The third kappa shape index (κ3) is 7.13. The number of carbonyl (C=O) groups is 1. The minimum absolute atomic E-state index is 0.0331. The van der Waals surface area contributed by atoms with Gasteiger partial charge in [0.05, 0.1) is 6.61 Å². The lowest BCUT2D eigenvalue weighted by Gasteiger charge is -2.21. The van der Waals surface area contributed by atoms with E-state index >= 15 is 0 Å². The summed E-state index contributed by atoms with van der Waals surface area (Å²) in [6.45, 7) is 7.54. The maximum atomic E-state index is 11.7. The van der Waals surface area contributed by atoms with Gasteiger partial charge in [0.25, 0.3) is 0 Å². The van der Waals surface area contributed by atoms with Crippen LogP contribution < -0.4 is 10.1 Å². The summed E-state index contributed by atoms with van der Waals surface area (Å²) in [6, 6.07) is 7.33. The Labute approximate surface area is 131 Å². The van der Waals surface area contributed by atoms with Crippen LogP contribution in [0.1, 0.15) is 33.3 Å². The first-order valence-electron chi connectivity index (χ1n) is 7.32. The second kappa shape index (κ2) is 8.44. The van der Waals surface area contributed by atoms with Crippen LogP contribution in [0.2, 0.25) is 0 Å². The molecule has 1 amide bonds. The third-order valence-corrected chi connectivity index (χ3v) is 2.58. The van der Waals surface area contributed by atoms with E-state index in [2.05, 4.69) is 5.32 Å². The van der Waals surface area contributed by atoms with E-state index in [0.717, 1.165) is 5.56 Å². The highest BCUT2D eigenvalue weighted by molar-refractivity contribution is 5.69. The van der Waals surface area contributed by atoms with Gasteiger partial charge in [-0.2, -0.15) is 0 Å². The van der Waals surface area contributed by atoms with Gasteiger partial charge >= 0.3 is 6.09 Å². The van der Waals surface area contributed by atoms with Crippen LogP contribution in [0.3, 0.4) is 0 Å². The molecule has 0 aliphatic carbocycles. The van der Waals surface area contributed by atoms with Gasteiger partial charge in [-0.3, -0.25) is 0 Å². The zero-order valence-corrected chi connectivity index (χ0v) is 13.6. The quantitative estimate of drug-likeness (QED) is 0.848. The van der Waals surface area contributed by atoms with Gasteiger partial charge < -0.3 is 19.9 Å². The fourth-order valence-corrected chi connectivity index (χ4v) is 1.69. The molecule has 0 bridgehead atoms. The highest BCUT2D eigenvalue weighted by Gasteiger charge is 2.16. The van der Waals surface area contributed by atoms with Crippen LogP contribution in [0, 0.1) is 0 Å². The molecule has 0 heterocycles. The Morgan fingerprint density at radius 2 is 2.05 bits per heavy atom. The summed E-state index contributed by atoms with van der Waals surface area (Å²) in [6.07, 6.45) is 3.27. The largest absolute Gasteiger partial charge is 0.491 e. The molecule has 0 aliphatic rings. The van der Waals surface area contributed by atoms with Gasteiger partial charge in [0, 0.05) is 11.6 Å². The molecule has 0 aliphatic heterocycles. The fraction of sp³-hybridized carbons (Fsp3) is 0.471. The zero-order chi connectivity index (χ0) is 16.6. The van der Waals surface area contributed by atoms with E-state index in [0.29, 0.717) is 5.75 Å². The number of para-hydroxylation sites is 1. The van der Waals surface area contributed by atoms with Crippen LogP contribution in [0.15, 0.2) is 30.3 Å². The summed E-state index contributed by atoms with van der Waals surface area (Å²) in [4.78, 5) is 11.7. The van der Waals surface area contributed by atoms with Crippen LogP contribution in [0.5, 0.6) is 5.75 Å². The lowest BCUT2D eigenvalue weighted by atomic mass is 10.1. The summed E-state index contributed by atoms with van der Waals surface area (Å²) in [7, 11) is 0. The first-order chi connectivity index (χ1) is 10.3. The van der Waals surface area contributed by atoms with Crippen molar-refractivity contribution < 1.29 is 19.4 Å². The molecular formula is C17H25NO4. The second-order valence-corrected chi connectivity index (χ2v) is 5.90. The number of rotatable bonds is 6. The van der Waals surface area contributed by atoms with Crippen molar-refractivity contribution in [2.45, 2.75) is 39.3 Å². The van der Waals surface area contributed by atoms with Gasteiger partial charge in [0.2, 0.25) is 0 Å². The number of aliphatic hydroxyl groups excluding tert-OH is 1. The van der Waals surface area contributed by atoms with Crippen LogP contribution in [-0.2, 0) is 4.74 Å². The lowest BCUT2D eigenvalue weighted by Crippen LogP contribution is -2.36. The number of hydrogen-bond acceptors (Lipinski definition) is 4. The number of aliphatic hydroxyl groups is 1. The Hall–Kier alpha value is -2.01. The van der Waals surface area contributed by atoms with Gasteiger partial charge in [-0.1, -0.05) is 30.4 Å². The highest BCUT2D eigenvalue weighted by Crippen LogP contribution is 2.19. The molecule has 22 heavy (non-hydrogen) atoms. The monoisotopic (exact) mass is 307 g/mol. The topological polar surface area (TPSA) is 67.8 Å². The van der Waals surface area contributed by atoms with E-state index in [4.69, 9.17) is 14.6 Å². The van der Waals surface area contributed by atoms with E-state index in [1.54, 1.807) is 0 Å². The van der Waals surface area contributed by atoms with Gasteiger partial charge in [-0.25, -0.2) is 4.79 Å². The van der Waals surface area contributed by atoms with Crippen molar-refractivity contribution in [2.75, 3.05) is 13.2 Å². The molecule has 0 unspecified atom stereocenters. The summed E-state index contributed by atoms with van der Waals surface area (Å²) in [5.41, 5.74) is 0.368. The van der Waals surface area contributed by atoms with Crippen LogP contribution in [0.4, 0.5) is 4.79 Å².